The third kappa shape index (κ3) is 6.11. The van der Waals surface area contributed by atoms with Crippen LogP contribution < -0.4 is 10.7 Å². The molecule has 0 saturated carbocycles. The molecule has 1 aromatic carbocycles. The van der Waals surface area contributed by atoms with Gasteiger partial charge in [-0.2, -0.15) is 16.1 Å². The number of fused-ring (bicyclic) bond motifs is 1. The molecule has 2 aromatic rings. The zero-order chi connectivity index (χ0) is 23.0. The highest BCUT2D eigenvalue weighted by atomic mass is 32.2. The molecule has 0 radical (unpaired) electrons. The van der Waals surface area contributed by atoms with Gasteiger partial charge in [0.25, 0.3) is 5.91 Å². The molecule has 1 aromatic heterocycles. The number of aromatic nitrogens is 1. The van der Waals surface area contributed by atoms with Crippen molar-refractivity contribution in [3.63, 3.8) is 0 Å². The normalized spacial score (nSPS) is 11.9. The van der Waals surface area contributed by atoms with Crippen LogP contribution in [-0.2, 0) is 17.1 Å². The Morgan fingerprint density at radius 3 is 2.45 bits per heavy atom. The van der Waals surface area contributed by atoms with E-state index in [1.807, 2.05) is 11.8 Å². The Morgan fingerprint density at radius 2 is 1.81 bits per heavy atom. The first kappa shape index (κ1) is 25.4. The average molecular weight is 468 g/mol. The van der Waals surface area contributed by atoms with Gasteiger partial charge in [0, 0.05) is 38.3 Å². The molecule has 1 heterocycles. The van der Waals surface area contributed by atoms with Crippen LogP contribution in [-0.4, -0.2) is 54.3 Å². The predicted octanol–water partition coefficient (Wildman–Crippen LogP) is 3.22. The number of carbonyl (C=O) groups excluding carboxylic acids is 1. The van der Waals surface area contributed by atoms with Gasteiger partial charge in [-0.15, -0.1) is 0 Å². The van der Waals surface area contributed by atoms with Gasteiger partial charge >= 0.3 is 0 Å². The second-order valence-electron chi connectivity index (χ2n) is 7.33. The molecule has 0 unspecified atom stereocenters. The van der Waals surface area contributed by atoms with E-state index in [0.29, 0.717) is 25.2 Å². The van der Waals surface area contributed by atoms with Crippen molar-refractivity contribution in [1.29, 1.82) is 0 Å². The van der Waals surface area contributed by atoms with Crippen LogP contribution in [0.15, 0.2) is 34.1 Å². The summed E-state index contributed by atoms with van der Waals surface area (Å²) in [6.07, 6.45) is 4.71. The van der Waals surface area contributed by atoms with Gasteiger partial charge in [-0.05, 0) is 42.5 Å². The number of aryl methyl sites for hydroxylation is 1. The summed E-state index contributed by atoms with van der Waals surface area (Å²) in [6.45, 7) is 6.88. The van der Waals surface area contributed by atoms with Crippen LogP contribution in [0.3, 0.4) is 0 Å². The lowest BCUT2D eigenvalue weighted by Crippen LogP contribution is -2.31. The quantitative estimate of drug-likeness (QED) is 0.484. The first-order valence-electron chi connectivity index (χ1n) is 10.8. The van der Waals surface area contributed by atoms with Gasteiger partial charge in [-0.25, -0.2) is 8.42 Å². The van der Waals surface area contributed by atoms with Gasteiger partial charge < -0.3 is 9.88 Å². The zero-order valence-corrected chi connectivity index (χ0v) is 20.4. The lowest BCUT2D eigenvalue weighted by molar-refractivity contribution is 0.0952. The fourth-order valence-corrected chi connectivity index (χ4v) is 5.86. The number of hydrogen-bond acceptors (Lipinski definition) is 5. The Balaban J connectivity index is 2.26. The van der Waals surface area contributed by atoms with Crippen molar-refractivity contribution in [1.82, 2.24) is 14.2 Å². The maximum absolute atomic E-state index is 13.0. The summed E-state index contributed by atoms with van der Waals surface area (Å²) in [5.74, 6) is 1.65. The molecule has 0 aliphatic carbocycles. The van der Waals surface area contributed by atoms with Crippen molar-refractivity contribution < 1.29 is 13.2 Å². The van der Waals surface area contributed by atoms with Crippen LogP contribution in [0.2, 0.25) is 0 Å². The molecule has 0 saturated heterocycles. The molecule has 172 valence electrons. The van der Waals surface area contributed by atoms with E-state index in [1.165, 1.54) is 35.5 Å². The first-order valence-corrected chi connectivity index (χ1v) is 13.4. The number of hydrogen-bond donors (Lipinski definition) is 1. The van der Waals surface area contributed by atoms with Crippen molar-refractivity contribution in [2.45, 2.75) is 44.9 Å². The first-order chi connectivity index (χ1) is 14.8. The average Bonchev–Trinajstić information content (AvgIpc) is 2.75. The Morgan fingerprint density at radius 1 is 1.13 bits per heavy atom. The summed E-state index contributed by atoms with van der Waals surface area (Å²) in [7, 11) is -1.96. The molecule has 7 nitrogen and oxygen atoms in total. The van der Waals surface area contributed by atoms with Crippen LogP contribution in [0.25, 0.3) is 10.9 Å². The number of benzene rings is 1. The van der Waals surface area contributed by atoms with E-state index < -0.39 is 21.4 Å². The molecule has 2 rings (SSSR count). The molecule has 31 heavy (non-hydrogen) atoms. The monoisotopic (exact) mass is 467 g/mol. The number of unbranched alkanes of at least 4 members (excludes halogenated alkanes) is 1. The van der Waals surface area contributed by atoms with Gasteiger partial charge in [0.2, 0.25) is 15.5 Å². The Hall–Kier alpha value is -1.84. The van der Waals surface area contributed by atoms with Gasteiger partial charge in [-0.3, -0.25) is 9.59 Å². The molecule has 9 heteroatoms. The smallest absolute Gasteiger partial charge is 0.256 e. The summed E-state index contributed by atoms with van der Waals surface area (Å²) >= 11 is 1.86. The van der Waals surface area contributed by atoms with Crippen LogP contribution in [0.1, 0.15) is 50.4 Å². The topological polar surface area (TPSA) is 88.5 Å². The molecule has 0 bridgehead atoms. The minimum Gasteiger partial charge on any atom is -0.352 e. The Labute approximate surface area is 189 Å². The van der Waals surface area contributed by atoms with Gasteiger partial charge in [-0.1, -0.05) is 27.2 Å². The standard InChI is InChI=1S/C22H33N3O4S2/c1-5-8-13-30-14-9-12-23-22(27)19-16-24(4)20-11-10-17(15-18(20)21(19)26)31(28,29)25(6-2)7-3/h10-11,15-16H,5-9,12-14H2,1-4H3,(H,23,27). The van der Waals surface area contributed by atoms with E-state index in [1.54, 1.807) is 31.5 Å². The predicted molar refractivity (Wildman–Crippen MR) is 128 cm³/mol. The summed E-state index contributed by atoms with van der Waals surface area (Å²) < 4.78 is 28.7. The minimum atomic E-state index is -3.70. The number of nitrogens with zero attached hydrogens (tertiary/aromatic N) is 2. The lowest BCUT2D eigenvalue weighted by Gasteiger charge is -2.19. The largest absolute Gasteiger partial charge is 0.352 e. The third-order valence-corrected chi connectivity index (χ3v) is 8.34. The maximum atomic E-state index is 13.0. The van der Waals surface area contributed by atoms with Gasteiger partial charge in [0.05, 0.1) is 10.4 Å². The van der Waals surface area contributed by atoms with Crippen LogP contribution in [0, 0.1) is 0 Å². The molecule has 1 N–H and O–H groups in total. The molecule has 0 atom stereocenters. The van der Waals surface area contributed by atoms with Crippen LogP contribution >= 0.6 is 11.8 Å². The fourth-order valence-electron chi connectivity index (χ4n) is 3.33. The second-order valence-corrected chi connectivity index (χ2v) is 10.5. The highest BCUT2D eigenvalue weighted by Crippen LogP contribution is 2.20. The SMILES string of the molecule is CCCCSCCCNC(=O)c1cn(C)c2ccc(S(=O)(=O)N(CC)CC)cc2c1=O. The highest BCUT2D eigenvalue weighted by Gasteiger charge is 2.23. The molecule has 0 spiro atoms. The second kappa shape index (κ2) is 11.7. The third-order valence-electron chi connectivity index (χ3n) is 5.14. The van der Waals surface area contributed by atoms with Gasteiger partial charge in [0.1, 0.15) is 5.56 Å². The molecular weight excluding hydrogens is 434 g/mol. The molecule has 0 aliphatic heterocycles. The number of carbonyl (C=O) groups is 1. The summed E-state index contributed by atoms with van der Waals surface area (Å²) in [5.41, 5.74) is 0.137. The van der Waals surface area contributed by atoms with E-state index in [-0.39, 0.29) is 15.8 Å². The lowest BCUT2D eigenvalue weighted by atomic mass is 10.1. The minimum absolute atomic E-state index is 0.0195. The summed E-state index contributed by atoms with van der Waals surface area (Å²) in [4.78, 5) is 25.7. The molecule has 1 amide bonds. The van der Waals surface area contributed by atoms with Crippen molar-refractivity contribution in [2.75, 3.05) is 31.1 Å². The molecule has 0 fully saturated rings. The van der Waals surface area contributed by atoms with E-state index in [4.69, 9.17) is 0 Å². The number of pyridine rings is 1. The summed E-state index contributed by atoms with van der Waals surface area (Å²) in [6, 6.07) is 4.50. The maximum Gasteiger partial charge on any atom is 0.256 e. The van der Waals surface area contributed by atoms with Crippen LogP contribution in [0.4, 0.5) is 0 Å². The number of sulfonamides is 1. The number of rotatable bonds is 12. The molecular formula is C22H33N3O4S2. The summed E-state index contributed by atoms with van der Waals surface area (Å²) in [5, 5.41) is 3.03. The van der Waals surface area contributed by atoms with Gasteiger partial charge in [0.15, 0.2) is 0 Å². The van der Waals surface area contributed by atoms with Crippen molar-refractivity contribution in [2.24, 2.45) is 7.05 Å². The van der Waals surface area contributed by atoms with Crippen molar-refractivity contribution >= 4 is 38.6 Å². The van der Waals surface area contributed by atoms with Crippen molar-refractivity contribution in [3.05, 3.63) is 40.2 Å². The fraction of sp³-hybridized carbons (Fsp3) is 0.545. The van der Waals surface area contributed by atoms with Crippen molar-refractivity contribution in [3.8, 4) is 0 Å². The Bertz CT molecular complexity index is 1060. The number of nitrogens with one attached hydrogen (secondary N) is 1. The zero-order valence-electron chi connectivity index (χ0n) is 18.8. The highest BCUT2D eigenvalue weighted by molar-refractivity contribution is 7.99. The number of thioether (sulfide) groups is 1. The van der Waals surface area contributed by atoms with Crippen LogP contribution in [0.5, 0.6) is 0 Å². The molecule has 0 aliphatic rings. The Kier molecular flexibility index (Phi) is 9.58. The van der Waals surface area contributed by atoms with E-state index in [2.05, 4.69) is 12.2 Å². The number of amides is 1. The van der Waals surface area contributed by atoms with E-state index >= 15 is 0 Å². The van der Waals surface area contributed by atoms with E-state index in [9.17, 15) is 18.0 Å². The van der Waals surface area contributed by atoms with E-state index in [0.717, 1.165) is 17.9 Å².